The van der Waals surface area contributed by atoms with Crippen molar-refractivity contribution in [3.8, 4) is 0 Å². The smallest absolute Gasteiger partial charge is 0.317 e. The minimum Gasteiger partial charge on any atom is -0.480 e. The van der Waals surface area contributed by atoms with Gasteiger partial charge in [-0.15, -0.1) is 0 Å². The van der Waals surface area contributed by atoms with E-state index < -0.39 is 56.1 Å². The lowest BCUT2D eigenvalue weighted by Crippen LogP contribution is -2.63. The number of aliphatic carboxylic acids is 1. The largest absolute Gasteiger partial charge is 0.480 e. The highest BCUT2D eigenvalue weighted by Crippen LogP contribution is 2.21. The molecule has 9 heteroatoms. The highest BCUT2D eigenvalue weighted by atomic mass is 16.5. The van der Waals surface area contributed by atoms with E-state index >= 15 is 0 Å². The number of esters is 1. The number of aliphatic hydroxyl groups is 4. The Kier molecular flexibility index (Phi) is 21.7. The Labute approximate surface area is 216 Å². The van der Waals surface area contributed by atoms with Gasteiger partial charge in [-0.05, 0) is 32.1 Å². The molecule has 0 rings (SSSR count). The zero-order chi connectivity index (χ0) is 27.1. The molecule has 0 fully saturated rings. The zero-order valence-electron chi connectivity index (χ0n) is 22.2. The first kappa shape index (κ1) is 34.5. The highest BCUT2D eigenvalue weighted by molar-refractivity contribution is 5.70. The van der Waals surface area contributed by atoms with E-state index in [0.717, 1.165) is 38.5 Å². The Morgan fingerprint density at radius 2 is 1.39 bits per heavy atom. The summed E-state index contributed by atoms with van der Waals surface area (Å²) in [4.78, 5) is 23.3. The molecule has 0 saturated heterocycles. The molecule has 0 aromatic carbocycles. The molecule has 212 valence electrons. The number of carboxylic acids is 1. The van der Waals surface area contributed by atoms with E-state index in [4.69, 9.17) is 14.9 Å². The van der Waals surface area contributed by atoms with Crippen LogP contribution in [-0.4, -0.2) is 81.6 Å². The lowest BCUT2D eigenvalue weighted by atomic mass is 9.89. The Hall–Kier alpha value is -1.52. The van der Waals surface area contributed by atoms with Crippen LogP contribution >= 0.6 is 0 Å². The normalized spacial score (nSPS) is 13.7. The first-order valence-corrected chi connectivity index (χ1v) is 13.7. The quantitative estimate of drug-likeness (QED) is 0.0608. The van der Waals surface area contributed by atoms with Crippen molar-refractivity contribution in [2.24, 2.45) is 0 Å². The van der Waals surface area contributed by atoms with E-state index in [-0.39, 0.29) is 12.8 Å². The van der Waals surface area contributed by atoms with Crippen molar-refractivity contribution < 1.29 is 39.9 Å². The summed E-state index contributed by atoms with van der Waals surface area (Å²) in [6.45, 7) is -0.401. The van der Waals surface area contributed by atoms with Gasteiger partial charge in [0.15, 0.2) is 0 Å². The number of rotatable bonds is 25. The van der Waals surface area contributed by atoms with Crippen LogP contribution in [0, 0.1) is 0 Å². The molecule has 36 heavy (non-hydrogen) atoms. The minimum atomic E-state index is -1.66. The van der Waals surface area contributed by atoms with Crippen molar-refractivity contribution in [3.05, 3.63) is 12.2 Å². The van der Waals surface area contributed by atoms with Crippen molar-refractivity contribution in [1.29, 1.82) is 0 Å². The lowest BCUT2D eigenvalue weighted by Gasteiger charge is -2.38. The van der Waals surface area contributed by atoms with Gasteiger partial charge in [0.05, 0.1) is 32.5 Å². The van der Waals surface area contributed by atoms with Crippen LogP contribution in [0.2, 0.25) is 0 Å². The predicted molar refractivity (Wildman–Crippen MR) is 140 cm³/mol. The maximum atomic E-state index is 12.4. The van der Waals surface area contributed by atoms with Crippen molar-refractivity contribution in [1.82, 2.24) is 5.32 Å². The van der Waals surface area contributed by atoms with E-state index in [9.17, 15) is 24.9 Å². The summed E-state index contributed by atoms with van der Waals surface area (Å²) >= 11 is 0. The van der Waals surface area contributed by atoms with Crippen molar-refractivity contribution >= 4 is 11.9 Å². The monoisotopic (exact) mass is 517 g/mol. The molecule has 6 N–H and O–H groups in total. The third kappa shape index (κ3) is 17.0. The Morgan fingerprint density at radius 1 is 0.861 bits per heavy atom. The standard InChI is InChI=1S/C27H51NO8/c1-2-3-4-5-6-7-8-9-10-11-12-13-14-15-16-17-26(35)36-24(18-23(32)20-29)27(21-30,22-31)28-19-25(33)34/h9-10,23-24,28-32H,2-8,11-22H2,1H3,(H,33,34). The van der Waals surface area contributed by atoms with Gasteiger partial charge in [-0.25, -0.2) is 0 Å². The van der Waals surface area contributed by atoms with Gasteiger partial charge in [0.25, 0.3) is 0 Å². The highest BCUT2D eigenvalue weighted by Gasteiger charge is 2.42. The van der Waals surface area contributed by atoms with Crippen LogP contribution in [-0.2, 0) is 14.3 Å². The summed E-state index contributed by atoms with van der Waals surface area (Å²) in [6, 6.07) is 0. The first-order chi connectivity index (χ1) is 17.3. The number of allylic oxidation sites excluding steroid dienone is 2. The number of carbonyl (C=O) groups excluding carboxylic acids is 1. The second-order valence-electron chi connectivity index (χ2n) is 9.60. The molecule has 0 amide bonds. The maximum absolute atomic E-state index is 12.4. The van der Waals surface area contributed by atoms with E-state index in [2.05, 4.69) is 24.4 Å². The second kappa shape index (κ2) is 22.7. The fraction of sp³-hybridized carbons (Fsp3) is 0.852. The molecule has 0 saturated carbocycles. The number of carbonyl (C=O) groups is 2. The average molecular weight is 518 g/mol. The predicted octanol–water partition coefficient (Wildman–Crippen LogP) is 3.08. The van der Waals surface area contributed by atoms with Crippen LogP contribution < -0.4 is 5.32 Å². The Bertz CT molecular complexity index is 580. The number of ether oxygens (including phenoxy) is 1. The van der Waals surface area contributed by atoms with Crippen molar-refractivity contribution in [3.63, 3.8) is 0 Å². The van der Waals surface area contributed by atoms with Gasteiger partial charge in [0.1, 0.15) is 11.6 Å². The summed E-state index contributed by atoms with van der Waals surface area (Å²) in [5.74, 6) is -1.78. The molecule has 2 unspecified atom stereocenters. The molecule has 0 aliphatic rings. The zero-order valence-corrected chi connectivity index (χ0v) is 22.2. The van der Waals surface area contributed by atoms with E-state index in [0.29, 0.717) is 6.42 Å². The van der Waals surface area contributed by atoms with Gasteiger partial charge in [0.2, 0.25) is 0 Å². The number of aliphatic hydroxyl groups excluding tert-OH is 4. The molecule has 0 aromatic heterocycles. The molecular weight excluding hydrogens is 466 g/mol. The molecule has 0 aliphatic carbocycles. The minimum absolute atomic E-state index is 0.135. The molecule has 0 heterocycles. The van der Waals surface area contributed by atoms with Gasteiger partial charge in [-0.1, -0.05) is 70.4 Å². The molecule has 0 radical (unpaired) electrons. The van der Waals surface area contributed by atoms with Crippen LogP contribution in [0.5, 0.6) is 0 Å². The summed E-state index contributed by atoms with van der Waals surface area (Å²) < 4.78 is 5.43. The third-order valence-corrected chi connectivity index (χ3v) is 6.39. The van der Waals surface area contributed by atoms with Gasteiger partial charge in [0, 0.05) is 12.8 Å². The van der Waals surface area contributed by atoms with Gasteiger partial charge in [-0.2, -0.15) is 0 Å². The van der Waals surface area contributed by atoms with Crippen LogP contribution in [0.25, 0.3) is 0 Å². The second-order valence-corrected chi connectivity index (χ2v) is 9.60. The Morgan fingerprint density at radius 3 is 1.89 bits per heavy atom. The summed E-state index contributed by atoms with van der Waals surface area (Å²) in [6.07, 6.45) is 16.7. The van der Waals surface area contributed by atoms with E-state index in [1.807, 2.05) is 0 Å². The van der Waals surface area contributed by atoms with Crippen LogP contribution in [0.1, 0.15) is 103 Å². The fourth-order valence-corrected chi connectivity index (χ4v) is 4.00. The third-order valence-electron chi connectivity index (χ3n) is 6.39. The van der Waals surface area contributed by atoms with Crippen molar-refractivity contribution in [2.75, 3.05) is 26.4 Å². The molecule has 0 spiro atoms. The number of hydrogen-bond acceptors (Lipinski definition) is 8. The number of hydrogen-bond donors (Lipinski definition) is 6. The van der Waals surface area contributed by atoms with Crippen LogP contribution in [0.3, 0.4) is 0 Å². The SMILES string of the molecule is CCCCCCCCC=CCCCCCCCC(=O)OC(CC(O)CO)C(CO)(CO)NCC(=O)O. The van der Waals surface area contributed by atoms with Gasteiger partial charge in [-0.3, -0.25) is 14.9 Å². The summed E-state index contributed by atoms with van der Waals surface area (Å²) in [5.41, 5.74) is -1.66. The Balaban J connectivity index is 4.25. The molecule has 0 bridgehead atoms. The van der Waals surface area contributed by atoms with Crippen LogP contribution in [0.4, 0.5) is 0 Å². The molecular formula is C27H51NO8. The number of carboxylic acid groups (broad SMARTS) is 1. The molecule has 0 aromatic rings. The van der Waals surface area contributed by atoms with Gasteiger partial charge >= 0.3 is 11.9 Å². The molecule has 0 aliphatic heterocycles. The molecule has 2 atom stereocenters. The van der Waals surface area contributed by atoms with E-state index in [1.165, 1.54) is 38.5 Å². The van der Waals surface area contributed by atoms with Crippen LogP contribution in [0.15, 0.2) is 12.2 Å². The van der Waals surface area contributed by atoms with Gasteiger partial charge < -0.3 is 30.3 Å². The topological polar surface area (TPSA) is 157 Å². The fourth-order valence-electron chi connectivity index (χ4n) is 4.00. The first-order valence-electron chi connectivity index (χ1n) is 13.7. The lowest BCUT2D eigenvalue weighted by molar-refractivity contribution is -0.160. The van der Waals surface area contributed by atoms with E-state index in [1.54, 1.807) is 0 Å². The summed E-state index contributed by atoms with van der Waals surface area (Å²) in [7, 11) is 0. The average Bonchev–Trinajstić information content (AvgIpc) is 2.86. The number of unbranched alkanes of at least 4 members (excludes halogenated alkanes) is 11. The summed E-state index contributed by atoms with van der Waals surface area (Å²) in [5, 5.41) is 50.1. The maximum Gasteiger partial charge on any atom is 0.317 e. The molecule has 9 nitrogen and oxygen atoms in total. The number of nitrogens with one attached hydrogen (secondary N) is 1. The van der Waals surface area contributed by atoms with Crippen molar-refractivity contribution in [2.45, 2.75) is 121 Å².